The van der Waals surface area contributed by atoms with Gasteiger partial charge in [-0.15, -0.1) is 0 Å². The van der Waals surface area contributed by atoms with Gasteiger partial charge < -0.3 is 10.6 Å². The van der Waals surface area contributed by atoms with Crippen LogP contribution in [0.5, 0.6) is 0 Å². The zero-order valence-electron chi connectivity index (χ0n) is 15.8. The number of alkyl halides is 3. The summed E-state index contributed by atoms with van der Waals surface area (Å²) < 4.78 is 51.9. The molecule has 0 unspecified atom stereocenters. The second-order valence-corrected chi connectivity index (χ2v) is 6.91. The third-order valence-corrected chi connectivity index (χ3v) is 4.61. The fraction of sp³-hybridized carbons (Fsp3) is 0.105. The van der Waals surface area contributed by atoms with Crippen LogP contribution in [0.3, 0.4) is 0 Å². The Labute approximate surface area is 182 Å². The minimum absolute atomic E-state index is 0.0329. The van der Waals surface area contributed by atoms with Crippen LogP contribution in [0.1, 0.15) is 21.7 Å². The number of anilines is 2. The van der Waals surface area contributed by atoms with E-state index >= 15 is 0 Å². The van der Waals surface area contributed by atoms with Crippen molar-refractivity contribution in [3.63, 3.8) is 0 Å². The molecular formula is C19H12ClF4N7O. The Hall–Kier alpha value is -3.80. The van der Waals surface area contributed by atoms with Crippen molar-refractivity contribution in [2.45, 2.75) is 12.7 Å². The number of aromatic amines is 1. The van der Waals surface area contributed by atoms with E-state index in [0.717, 1.165) is 18.6 Å². The quantitative estimate of drug-likeness (QED) is 0.381. The summed E-state index contributed by atoms with van der Waals surface area (Å²) in [7, 11) is 0. The predicted molar refractivity (Wildman–Crippen MR) is 107 cm³/mol. The number of carbonyl (C=O) groups is 1. The molecule has 1 amide bonds. The van der Waals surface area contributed by atoms with Gasteiger partial charge in [-0.3, -0.25) is 14.9 Å². The molecule has 0 atom stereocenters. The molecular weight excluding hydrogens is 454 g/mol. The fourth-order valence-electron chi connectivity index (χ4n) is 2.81. The van der Waals surface area contributed by atoms with Gasteiger partial charge in [-0.1, -0.05) is 17.7 Å². The van der Waals surface area contributed by atoms with Crippen molar-refractivity contribution in [3.05, 3.63) is 70.6 Å². The van der Waals surface area contributed by atoms with Crippen LogP contribution in [0.4, 0.5) is 29.1 Å². The highest BCUT2D eigenvalue weighted by Crippen LogP contribution is 2.30. The molecule has 0 spiro atoms. The van der Waals surface area contributed by atoms with Gasteiger partial charge in [0, 0.05) is 18.4 Å². The molecule has 13 heteroatoms. The zero-order valence-corrected chi connectivity index (χ0v) is 16.6. The summed E-state index contributed by atoms with van der Waals surface area (Å²) in [5, 5.41) is 11.9. The minimum atomic E-state index is -4.60. The van der Waals surface area contributed by atoms with Crippen molar-refractivity contribution < 1.29 is 22.4 Å². The van der Waals surface area contributed by atoms with Crippen molar-refractivity contribution in [2.75, 3.05) is 5.32 Å². The number of halogens is 5. The lowest BCUT2D eigenvalue weighted by Crippen LogP contribution is -2.24. The number of pyridine rings is 1. The van der Waals surface area contributed by atoms with Crippen molar-refractivity contribution in [3.8, 4) is 0 Å². The van der Waals surface area contributed by atoms with E-state index in [2.05, 4.69) is 35.8 Å². The Morgan fingerprint density at radius 3 is 2.69 bits per heavy atom. The summed E-state index contributed by atoms with van der Waals surface area (Å²) in [4.78, 5) is 23.9. The Bertz CT molecular complexity index is 1310. The van der Waals surface area contributed by atoms with Crippen LogP contribution in [-0.4, -0.2) is 31.1 Å². The Balaban J connectivity index is 1.55. The monoisotopic (exact) mass is 465 g/mol. The van der Waals surface area contributed by atoms with Gasteiger partial charge in [0.05, 0.1) is 5.02 Å². The maximum Gasteiger partial charge on any atom is 0.433 e. The van der Waals surface area contributed by atoms with E-state index in [0.29, 0.717) is 5.56 Å². The molecule has 0 bridgehead atoms. The highest BCUT2D eigenvalue weighted by atomic mass is 35.5. The number of amides is 1. The van der Waals surface area contributed by atoms with Crippen LogP contribution in [0, 0.1) is 5.82 Å². The molecule has 3 aromatic heterocycles. The summed E-state index contributed by atoms with van der Waals surface area (Å²) >= 11 is 5.73. The Morgan fingerprint density at radius 2 is 1.94 bits per heavy atom. The summed E-state index contributed by atoms with van der Waals surface area (Å²) in [5.41, 5.74) is -0.0822. The molecule has 3 N–H and O–H groups in total. The second kappa shape index (κ2) is 8.38. The number of nitrogens with zero attached hydrogens (tertiary/aromatic N) is 4. The van der Waals surface area contributed by atoms with Crippen LogP contribution in [0.2, 0.25) is 5.02 Å². The summed E-state index contributed by atoms with van der Waals surface area (Å²) in [6, 6.07) is 6.19. The van der Waals surface area contributed by atoms with Crippen molar-refractivity contribution in [1.29, 1.82) is 0 Å². The average Bonchev–Trinajstić information content (AvgIpc) is 3.17. The van der Waals surface area contributed by atoms with Gasteiger partial charge in [0.15, 0.2) is 11.5 Å². The van der Waals surface area contributed by atoms with E-state index in [-0.39, 0.29) is 39.8 Å². The van der Waals surface area contributed by atoms with Gasteiger partial charge in [-0.05, 0) is 29.8 Å². The van der Waals surface area contributed by atoms with Gasteiger partial charge in [0.1, 0.15) is 28.9 Å². The largest absolute Gasteiger partial charge is 0.433 e. The first-order valence-corrected chi connectivity index (χ1v) is 9.31. The predicted octanol–water partition coefficient (Wildman–Crippen LogP) is 4.23. The molecule has 4 aromatic rings. The van der Waals surface area contributed by atoms with Gasteiger partial charge in [0.25, 0.3) is 5.91 Å². The number of aromatic nitrogens is 5. The molecule has 0 aliphatic carbocycles. The molecule has 164 valence electrons. The lowest BCUT2D eigenvalue weighted by Gasteiger charge is -2.08. The number of rotatable bonds is 5. The lowest BCUT2D eigenvalue weighted by atomic mass is 10.2. The van der Waals surface area contributed by atoms with Crippen LogP contribution in [-0.2, 0) is 12.7 Å². The third-order valence-electron chi connectivity index (χ3n) is 4.32. The SMILES string of the molecule is O=C(NCc1ccc(F)c(Cl)c1)c1ncnc2c(Nc3ccnc(C(F)(F)F)c3)n[nH]c12. The normalized spacial score (nSPS) is 11.5. The van der Waals surface area contributed by atoms with Gasteiger partial charge >= 0.3 is 6.18 Å². The molecule has 0 saturated carbocycles. The molecule has 0 fully saturated rings. The Kier molecular flexibility index (Phi) is 5.61. The van der Waals surface area contributed by atoms with Crippen LogP contribution >= 0.6 is 11.6 Å². The van der Waals surface area contributed by atoms with E-state index in [1.807, 2.05) is 0 Å². The Morgan fingerprint density at radius 1 is 1.12 bits per heavy atom. The molecule has 0 aliphatic heterocycles. The smallest absolute Gasteiger partial charge is 0.347 e. The summed E-state index contributed by atoms with van der Waals surface area (Å²) in [6.45, 7) is 0.0564. The van der Waals surface area contributed by atoms with Gasteiger partial charge in [0.2, 0.25) is 0 Å². The first-order valence-electron chi connectivity index (χ1n) is 8.94. The topological polar surface area (TPSA) is 108 Å². The van der Waals surface area contributed by atoms with E-state index in [1.54, 1.807) is 0 Å². The molecule has 4 rings (SSSR count). The zero-order chi connectivity index (χ0) is 22.9. The standard InChI is InChI=1S/C19H12ClF4N7O/c20-11-5-9(1-2-12(11)21)7-26-18(32)16-14-15(27-8-28-16)17(31-30-14)29-10-3-4-25-13(6-10)19(22,23)24/h1-6,8H,7H2,(H,26,32)(H2,25,29,30,31). The maximum atomic E-state index is 13.3. The number of carbonyl (C=O) groups excluding carboxylic acids is 1. The summed E-state index contributed by atoms with van der Waals surface area (Å²) in [6.07, 6.45) is -2.47. The van der Waals surface area contributed by atoms with E-state index in [1.165, 1.54) is 24.3 Å². The second-order valence-electron chi connectivity index (χ2n) is 6.50. The van der Waals surface area contributed by atoms with Crippen molar-refractivity contribution in [2.24, 2.45) is 0 Å². The van der Waals surface area contributed by atoms with Crippen molar-refractivity contribution in [1.82, 2.24) is 30.5 Å². The molecule has 0 aliphatic rings. The van der Waals surface area contributed by atoms with Crippen LogP contribution < -0.4 is 10.6 Å². The minimum Gasteiger partial charge on any atom is -0.347 e. The maximum absolute atomic E-state index is 13.3. The van der Waals surface area contributed by atoms with Crippen LogP contribution in [0.15, 0.2) is 42.9 Å². The number of hydrogen-bond acceptors (Lipinski definition) is 6. The molecule has 0 radical (unpaired) electrons. The lowest BCUT2D eigenvalue weighted by molar-refractivity contribution is -0.141. The molecule has 32 heavy (non-hydrogen) atoms. The molecule has 1 aromatic carbocycles. The summed E-state index contributed by atoms with van der Waals surface area (Å²) in [5.74, 6) is -1.05. The van der Waals surface area contributed by atoms with Gasteiger partial charge in [-0.2, -0.15) is 18.3 Å². The number of hydrogen-bond donors (Lipinski definition) is 3. The molecule has 0 saturated heterocycles. The average molecular weight is 466 g/mol. The van der Waals surface area contributed by atoms with E-state index < -0.39 is 23.6 Å². The highest BCUT2D eigenvalue weighted by Gasteiger charge is 2.32. The third kappa shape index (κ3) is 4.44. The van der Waals surface area contributed by atoms with Crippen LogP contribution in [0.25, 0.3) is 11.0 Å². The first-order chi connectivity index (χ1) is 15.2. The van der Waals surface area contributed by atoms with E-state index in [4.69, 9.17) is 11.6 Å². The number of fused-ring (bicyclic) bond motifs is 1. The highest BCUT2D eigenvalue weighted by molar-refractivity contribution is 6.30. The number of H-pyrrole nitrogens is 1. The first kappa shape index (κ1) is 21.4. The number of benzene rings is 1. The number of nitrogens with one attached hydrogen (secondary N) is 3. The fourth-order valence-corrected chi connectivity index (χ4v) is 3.01. The van der Waals surface area contributed by atoms with Crippen molar-refractivity contribution >= 4 is 40.0 Å². The molecule has 8 nitrogen and oxygen atoms in total. The van der Waals surface area contributed by atoms with Gasteiger partial charge in [-0.25, -0.2) is 14.4 Å². The van der Waals surface area contributed by atoms with E-state index in [9.17, 15) is 22.4 Å². The molecule has 3 heterocycles.